The highest BCUT2D eigenvalue weighted by Gasteiger charge is 2.33. The smallest absolute Gasteiger partial charge is 0.319 e. The number of ether oxygens (including phenoxy) is 2. The summed E-state index contributed by atoms with van der Waals surface area (Å²) in [7, 11) is 0. The maximum atomic E-state index is 13.3. The zero-order chi connectivity index (χ0) is 26.5. The first kappa shape index (κ1) is 26.5. The van der Waals surface area contributed by atoms with Crippen molar-refractivity contribution >= 4 is 45.2 Å². The molecule has 1 aliphatic rings. The minimum atomic E-state index is -0.805. The second-order valence-corrected chi connectivity index (χ2v) is 9.43. The molecule has 0 bridgehead atoms. The molecule has 4 rings (SSSR count). The Morgan fingerprint density at radius 1 is 1.11 bits per heavy atom. The molecule has 0 saturated carbocycles. The third-order valence-electron chi connectivity index (χ3n) is 5.63. The molecule has 1 aliphatic heterocycles. The molecule has 37 heavy (non-hydrogen) atoms. The van der Waals surface area contributed by atoms with Gasteiger partial charge in [-0.15, -0.1) is 0 Å². The van der Waals surface area contributed by atoms with Gasteiger partial charge in [0.25, 0.3) is 5.91 Å². The maximum absolute atomic E-state index is 13.3. The first-order valence-electron chi connectivity index (χ1n) is 11.4. The van der Waals surface area contributed by atoms with Crippen LogP contribution in [0, 0.1) is 5.82 Å². The van der Waals surface area contributed by atoms with Crippen LogP contribution in [0.25, 0.3) is 0 Å². The molecule has 3 aromatic rings. The number of rotatable bonds is 8. The van der Waals surface area contributed by atoms with E-state index >= 15 is 0 Å². The number of allylic oxidation sites excluding steroid dienone is 1. The largest absolute Gasteiger partial charge is 0.490 e. The van der Waals surface area contributed by atoms with Crippen LogP contribution in [-0.4, -0.2) is 18.5 Å². The van der Waals surface area contributed by atoms with Gasteiger partial charge in [0.2, 0.25) is 0 Å². The van der Waals surface area contributed by atoms with Crippen LogP contribution in [0.5, 0.6) is 11.5 Å². The molecule has 1 heterocycles. The fourth-order valence-corrected chi connectivity index (χ4v) is 4.63. The third-order valence-corrected chi connectivity index (χ3v) is 6.69. The van der Waals surface area contributed by atoms with E-state index in [-0.39, 0.29) is 12.2 Å². The van der Waals surface area contributed by atoms with E-state index in [0.717, 1.165) is 5.56 Å². The number of halogens is 3. The van der Waals surface area contributed by atoms with Crippen LogP contribution < -0.4 is 25.4 Å². The van der Waals surface area contributed by atoms with Crippen molar-refractivity contribution in [2.24, 2.45) is 0 Å². The van der Waals surface area contributed by atoms with E-state index in [9.17, 15) is 14.0 Å². The number of carbonyl (C=O) groups excluding carboxylic acids is 2. The lowest BCUT2D eigenvalue weighted by Gasteiger charge is -2.30. The molecule has 0 saturated heterocycles. The molecule has 0 aromatic heterocycles. The van der Waals surface area contributed by atoms with Crippen molar-refractivity contribution in [2.45, 2.75) is 26.5 Å². The van der Waals surface area contributed by atoms with Gasteiger partial charge in [0.15, 0.2) is 11.5 Å². The Hall–Kier alpha value is -3.56. The third kappa shape index (κ3) is 6.23. The Morgan fingerprint density at radius 3 is 2.51 bits per heavy atom. The molecule has 10 heteroatoms. The highest BCUT2D eigenvalue weighted by Crippen LogP contribution is 2.40. The van der Waals surface area contributed by atoms with Gasteiger partial charge in [-0.3, -0.25) is 4.79 Å². The second kappa shape index (κ2) is 11.7. The highest BCUT2D eigenvalue weighted by atomic mass is 79.9. The fourth-order valence-electron chi connectivity index (χ4n) is 3.88. The van der Waals surface area contributed by atoms with Crippen LogP contribution in [0.3, 0.4) is 0 Å². The van der Waals surface area contributed by atoms with Crippen LogP contribution in [0.1, 0.15) is 31.0 Å². The molecule has 3 amide bonds. The second-order valence-electron chi connectivity index (χ2n) is 8.16. The number of hydrogen-bond acceptors (Lipinski definition) is 4. The Morgan fingerprint density at radius 2 is 1.81 bits per heavy atom. The molecule has 0 aliphatic carbocycles. The van der Waals surface area contributed by atoms with Crippen LogP contribution in [0.2, 0.25) is 5.02 Å². The van der Waals surface area contributed by atoms with E-state index in [1.165, 1.54) is 24.3 Å². The van der Waals surface area contributed by atoms with Crippen molar-refractivity contribution in [3.8, 4) is 11.5 Å². The molecule has 7 nitrogen and oxygen atoms in total. The number of amides is 3. The van der Waals surface area contributed by atoms with E-state index in [1.54, 1.807) is 25.1 Å². The molecule has 0 fully saturated rings. The van der Waals surface area contributed by atoms with Gasteiger partial charge in [-0.1, -0.05) is 45.7 Å². The van der Waals surface area contributed by atoms with E-state index in [2.05, 4.69) is 31.9 Å². The first-order chi connectivity index (χ1) is 17.8. The molecule has 0 spiro atoms. The topological polar surface area (TPSA) is 88.7 Å². The Kier molecular flexibility index (Phi) is 8.35. The van der Waals surface area contributed by atoms with Gasteiger partial charge < -0.3 is 25.4 Å². The quantitative estimate of drug-likeness (QED) is 0.281. The average molecular weight is 589 g/mol. The number of anilines is 1. The Labute approximate surface area is 227 Å². The number of hydrogen-bond donors (Lipinski definition) is 3. The predicted octanol–water partition coefficient (Wildman–Crippen LogP) is 6.49. The standard InChI is InChI=1S/C27H24BrClFN3O4/c1-3-36-22-12-19(20(28)13-23(22)37-14-16-6-4-5-7-21(16)29)25-24(15(2)31-27(35)33-25)26(34)32-18-10-8-17(30)9-11-18/h4-13,25H,3,14H2,1-2H3,(H,32,34)(H2,31,33,35)/t25-/m1/s1. The lowest BCUT2D eigenvalue weighted by molar-refractivity contribution is -0.113. The van der Waals surface area contributed by atoms with Gasteiger partial charge in [0.1, 0.15) is 12.4 Å². The van der Waals surface area contributed by atoms with Crippen molar-refractivity contribution < 1.29 is 23.5 Å². The molecule has 3 aromatic carbocycles. The Bertz CT molecular complexity index is 1360. The zero-order valence-corrected chi connectivity index (χ0v) is 22.4. The van der Waals surface area contributed by atoms with Gasteiger partial charge in [-0.25, -0.2) is 9.18 Å². The average Bonchev–Trinajstić information content (AvgIpc) is 2.85. The number of benzene rings is 3. The van der Waals surface area contributed by atoms with Gasteiger partial charge in [-0.2, -0.15) is 0 Å². The van der Waals surface area contributed by atoms with Crippen LogP contribution in [0.4, 0.5) is 14.9 Å². The molecular weight excluding hydrogens is 565 g/mol. The summed E-state index contributed by atoms with van der Waals surface area (Å²) < 4.78 is 25.8. The summed E-state index contributed by atoms with van der Waals surface area (Å²) in [6.45, 7) is 4.08. The van der Waals surface area contributed by atoms with Crippen LogP contribution in [-0.2, 0) is 11.4 Å². The van der Waals surface area contributed by atoms with E-state index in [0.29, 0.717) is 44.5 Å². The first-order valence-corrected chi connectivity index (χ1v) is 12.6. The van der Waals surface area contributed by atoms with Gasteiger partial charge in [-0.05, 0) is 61.9 Å². The summed E-state index contributed by atoms with van der Waals surface area (Å²) in [6, 6.07) is 15.0. The number of carbonyl (C=O) groups is 2. The van der Waals surface area contributed by atoms with E-state index < -0.39 is 23.8 Å². The lowest BCUT2D eigenvalue weighted by Crippen LogP contribution is -2.46. The monoisotopic (exact) mass is 587 g/mol. The molecule has 3 N–H and O–H groups in total. The van der Waals surface area contributed by atoms with Gasteiger partial charge >= 0.3 is 6.03 Å². The van der Waals surface area contributed by atoms with Gasteiger partial charge in [0.05, 0.1) is 18.2 Å². The van der Waals surface area contributed by atoms with E-state index in [4.69, 9.17) is 21.1 Å². The summed E-state index contributed by atoms with van der Waals surface area (Å²) in [5.41, 5.74) is 2.50. The summed E-state index contributed by atoms with van der Waals surface area (Å²) in [5, 5.41) is 8.80. The normalized spacial score (nSPS) is 15.1. The molecular formula is C27H24BrClFN3O4. The maximum Gasteiger partial charge on any atom is 0.319 e. The molecule has 0 radical (unpaired) electrons. The minimum Gasteiger partial charge on any atom is -0.490 e. The van der Waals surface area contributed by atoms with Crippen molar-refractivity contribution in [1.82, 2.24) is 10.6 Å². The van der Waals surface area contributed by atoms with Crippen LogP contribution in [0.15, 0.2) is 76.4 Å². The summed E-state index contributed by atoms with van der Waals surface area (Å²) >= 11 is 9.83. The lowest BCUT2D eigenvalue weighted by atomic mass is 9.94. The summed E-state index contributed by atoms with van der Waals surface area (Å²) in [5.74, 6) is 0.0414. The van der Waals surface area contributed by atoms with Gasteiger partial charge in [0, 0.05) is 26.4 Å². The predicted molar refractivity (Wildman–Crippen MR) is 143 cm³/mol. The van der Waals surface area contributed by atoms with Crippen molar-refractivity contribution in [3.63, 3.8) is 0 Å². The highest BCUT2D eigenvalue weighted by molar-refractivity contribution is 9.10. The minimum absolute atomic E-state index is 0.222. The fraction of sp³-hybridized carbons (Fsp3) is 0.185. The van der Waals surface area contributed by atoms with E-state index in [1.807, 2.05) is 25.1 Å². The summed E-state index contributed by atoms with van der Waals surface area (Å²) in [6.07, 6.45) is 0. The van der Waals surface area contributed by atoms with Crippen molar-refractivity contribution in [3.05, 3.63) is 98.4 Å². The summed E-state index contributed by atoms with van der Waals surface area (Å²) in [4.78, 5) is 25.7. The molecule has 1 atom stereocenters. The zero-order valence-electron chi connectivity index (χ0n) is 20.0. The number of urea groups is 1. The molecule has 0 unspecified atom stereocenters. The SMILES string of the molecule is CCOc1cc([C@H]2NC(=O)NC(C)=C2C(=O)Nc2ccc(F)cc2)c(Br)cc1OCc1ccccc1Cl. The Balaban J connectivity index is 1.67. The van der Waals surface area contributed by atoms with Crippen molar-refractivity contribution in [2.75, 3.05) is 11.9 Å². The number of nitrogens with one attached hydrogen (secondary N) is 3. The molecule has 192 valence electrons. The van der Waals surface area contributed by atoms with Crippen LogP contribution >= 0.6 is 27.5 Å². The van der Waals surface area contributed by atoms with Crippen molar-refractivity contribution in [1.29, 1.82) is 0 Å².